The number of ether oxygens (including phenoxy) is 1. The van der Waals surface area contributed by atoms with Crippen LogP contribution < -0.4 is 11.3 Å². The molecule has 1 aliphatic rings. The van der Waals surface area contributed by atoms with Crippen molar-refractivity contribution in [2.45, 2.75) is 51.2 Å². The number of hydrogen-bond acceptors (Lipinski definition) is 4. The van der Waals surface area contributed by atoms with Crippen molar-refractivity contribution in [2.75, 3.05) is 6.61 Å². The van der Waals surface area contributed by atoms with Crippen molar-refractivity contribution in [3.8, 4) is 0 Å². The topological polar surface area (TPSA) is 65.1 Å². The van der Waals surface area contributed by atoms with E-state index < -0.39 is 0 Å². The van der Waals surface area contributed by atoms with Crippen LogP contribution in [0.1, 0.15) is 37.1 Å². The molecule has 1 aromatic rings. The molecular formula is C13H23ClN4O. The summed E-state index contributed by atoms with van der Waals surface area (Å²) in [6.45, 7) is 2.79. The first-order chi connectivity index (χ1) is 9.11. The lowest BCUT2D eigenvalue weighted by Crippen LogP contribution is -2.40. The lowest BCUT2D eigenvalue weighted by atomic mass is 9.99. The summed E-state index contributed by atoms with van der Waals surface area (Å²) in [7, 11) is 1.92. The van der Waals surface area contributed by atoms with Crippen molar-refractivity contribution >= 4 is 11.6 Å². The Labute approximate surface area is 119 Å². The lowest BCUT2D eigenvalue weighted by Gasteiger charge is -2.26. The first-order valence-corrected chi connectivity index (χ1v) is 7.25. The summed E-state index contributed by atoms with van der Waals surface area (Å²) in [6.07, 6.45) is 5.53. The molecule has 0 saturated carbocycles. The maximum Gasteiger partial charge on any atom is 0.0847 e. The fraction of sp³-hybridized carbons (Fsp3) is 0.769. The van der Waals surface area contributed by atoms with Gasteiger partial charge in [-0.2, -0.15) is 5.10 Å². The van der Waals surface area contributed by atoms with Gasteiger partial charge < -0.3 is 4.74 Å². The number of aromatic nitrogens is 2. The van der Waals surface area contributed by atoms with Gasteiger partial charge in [0.15, 0.2) is 0 Å². The normalized spacial score (nSPS) is 21.6. The molecule has 0 aromatic carbocycles. The molecule has 3 N–H and O–H groups in total. The van der Waals surface area contributed by atoms with E-state index >= 15 is 0 Å². The average Bonchev–Trinajstić information content (AvgIpc) is 2.65. The number of nitrogens with one attached hydrogen (secondary N) is 1. The summed E-state index contributed by atoms with van der Waals surface area (Å²) in [4.78, 5) is 0. The van der Waals surface area contributed by atoms with Gasteiger partial charge in [-0.15, -0.1) is 0 Å². The Morgan fingerprint density at radius 2 is 2.37 bits per heavy atom. The van der Waals surface area contributed by atoms with Crippen LogP contribution in [0.25, 0.3) is 0 Å². The molecule has 2 atom stereocenters. The van der Waals surface area contributed by atoms with Crippen LogP contribution in [0.15, 0.2) is 0 Å². The lowest BCUT2D eigenvalue weighted by molar-refractivity contribution is 0.00514. The van der Waals surface area contributed by atoms with Gasteiger partial charge in [0.05, 0.1) is 22.5 Å². The monoisotopic (exact) mass is 286 g/mol. The van der Waals surface area contributed by atoms with Crippen LogP contribution in [0.3, 0.4) is 0 Å². The quantitative estimate of drug-likeness (QED) is 0.639. The average molecular weight is 287 g/mol. The number of nitrogens with two attached hydrogens (primary N) is 1. The van der Waals surface area contributed by atoms with Crippen LogP contribution in [0.5, 0.6) is 0 Å². The van der Waals surface area contributed by atoms with Crippen LogP contribution in [-0.4, -0.2) is 28.5 Å². The smallest absolute Gasteiger partial charge is 0.0847 e. The molecule has 1 fully saturated rings. The number of halogens is 1. The minimum absolute atomic E-state index is 0.162. The van der Waals surface area contributed by atoms with Crippen LogP contribution in [0.4, 0.5) is 0 Å². The van der Waals surface area contributed by atoms with Gasteiger partial charge >= 0.3 is 0 Å². The maximum absolute atomic E-state index is 6.27. The molecule has 2 unspecified atom stereocenters. The molecular weight excluding hydrogens is 264 g/mol. The molecule has 19 heavy (non-hydrogen) atoms. The van der Waals surface area contributed by atoms with E-state index in [9.17, 15) is 0 Å². The third-order valence-electron chi connectivity index (χ3n) is 3.76. The number of rotatable bonds is 5. The SMILES string of the molecule is Cc1nn(C)c(CC(CC2CCCCO2)NN)c1Cl. The van der Waals surface area contributed by atoms with Crippen molar-refractivity contribution in [1.82, 2.24) is 15.2 Å². The third kappa shape index (κ3) is 3.69. The Morgan fingerprint density at radius 3 is 2.89 bits per heavy atom. The van der Waals surface area contributed by atoms with Crippen LogP contribution in [0, 0.1) is 6.92 Å². The Morgan fingerprint density at radius 1 is 1.58 bits per heavy atom. The van der Waals surface area contributed by atoms with Crippen molar-refractivity contribution in [2.24, 2.45) is 12.9 Å². The van der Waals surface area contributed by atoms with Crippen LogP contribution in [0.2, 0.25) is 5.02 Å². The largest absolute Gasteiger partial charge is 0.378 e. The zero-order valence-corrected chi connectivity index (χ0v) is 12.4. The number of hydrazine groups is 1. The molecule has 6 heteroatoms. The Balaban J connectivity index is 1.98. The predicted molar refractivity (Wildman–Crippen MR) is 76.0 cm³/mol. The molecule has 0 spiro atoms. The van der Waals surface area contributed by atoms with E-state index in [1.54, 1.807) is 0 Å². The second-order valence-corrected chi connectivity index (χ2v) is 5.64. The number of nitrogens with zero attached hydrogens (tertiary/aromatic N) is 2. The van der Waals surface area contributed by atoms with Gasteiger partial charge in [0.25, 0.3) is 0 Å². The summed E-state index contributed by atoms with van der Waals surface area (Å²) in [5, 5.41) is 5.07. The highest BCUT2D eigenvalue weighted by atomic mass is 35.5. The Bertz CT molecular complexity index is 415. The van der Waals surface area contributed by atoms with Gasteiger partial charge in [-0.3, -0.25) is 16.0 Å². The van der Waals surface area contributed by atoms with E-state index in [1.165, 1.54) is 12.8 Å². The number of aryl methyl sites for hydroxylation is 2. The highest BCUT2D eigenvalue weighted by Gasteiger charge is 2.22. The Hall–Kier alpha value is -0.620. The molecule has 5 nitrogen and oxygen atoms in total. The first-order valence-electron chi connectivity index (χ1n) is 6.87. The van der Waals surface area contributed by atoms with Crippen molar-refractivity contribution in [3.05, 3.63) is 16.4 Å². The van der Waals surface area contributed by atoms with Crippen LogP contribution >= 0.6 is 11.6 Å². The van der Waals surface area contributed by atoms with Crippen molar-refractivity contribution in [1.29, 1.82) is 0 Å². The van der Waals surface area contributed by atoms with Gasteiger partial charge in [0, 0.05) is 26.1 Å². The zero-order valence-electron chi connectivity index (χ0n) is 11.7. The molecule has 0 amide bonds. The predicted octanol–water partition coefficient (Wildman–Crippen LogP) is 1.72. The third-order valence-corrected chi connectivity index (χ3v) is 4.25. The van der Waals surface area contributed by atoms with E-state index in [0.717, 1.165) is 42.3 Å². The molecule has 0 aliphatic carbocycles. The van der Waals surface area contributed by atoms with Crippen molar-refractivity contribution in [3.63, 3.8) is 0 Å². The van der Waals surface area contributed by atoms with E-state index in [1.807, 2.05) is 18.7 Å². The van der Waals surface area contributed by atoms with Gasteiger partial charge in [0.1, 0.15) is 0 Å². The molecule has 0 radical (unpaired) electrons. The van der Waals surface area contributed by atoms with Gasteiger partial charge in [-0.05, 0) is 32.6 Å². The van der Waals surface area contributed by atoms with E-state index in [2.05, 4.69) is 10.5 Å². The van der Waals surface area contributed by atoms with E-state index in [-0.39, 0.29) is 6.04 Å². The van der Waals surface area contributed by atoms with E-state index in [4.69, 9.17) is 22.2 Å². The fourth-order valence-electron chi connectivity index (χ4n) is 2.66. The standard InChI is InChI=1S/C13H23ClN4O/c1-9-13(14)12(18(2)17-9)8-10(16-15)7-11-5-3-4-6-19-11/h10-11,16H,3-8,15H2,1-2H3. The first kappa shape index (κ1) is 14.8. The molecule has 1 saturated heterocycles. The summed E-state index contributed by atoms with van der Waals surface area (Å²) in [5.74, 6) is 5.67. The van der Waals surface area contributed by atoms with Gasteiger partial charge in [-0.25, -0.2) is 0 Å². The summed E-state index contributed by atoms with van der Waals surface area (Å²) < 4.78 is 7.60. The molecule has 0 bridgehead atoms. The van der Waals surface area contributed by atoms with Crippen molar-refractivity contribution < 1.29 is 4.74 Å². The van der Waals surface area contributed by atoms with Crippen LogP contribution in [-0.2, 0) is 18.2 Å². The molecule has 108 valence electrons. The maximum atomic E-state index is 6.27. The molecule has 2 rings (SSSR count). The second-order valence-electron chi connectivity index (χ2n) is 5.26. The molecule has 1 aliphatic heterocycles. The number of hydrogen-bond donors (Lipinski definition) is 2. The second kappa shape index (κ2) is 6.70. The fourth-order valence-corrected chi connectivity index (χ4v) is 2.89. The van der Waals surface area contributed by atoms with Gasteiger partial charge in [0.2, 0.25) is 0 Å². The minimum atomic E-state index is 0.162. The minimum Gasteiger partial charge on any atom is -0.378 e. The summed E-state index contributed by atoms with van der Waals surface area (Å²) >= 11 is 6.27. The highest BCUT2D eigenvalue weighted by Crippen LogP contribution is 2.23. The van der Waals surface area contributed by atoms with Gasteiger partial charge in [-0.1, -0.05) is 11.6 Å². The summed E-state index contributed by atoms with van der Waals surface area (Å²) in [6, 6.07) is 0.162. The highest BCUT2D eigenvalue weighted by molar-refractivity contribution is 6.31. The van der Waals surface area contributed by atoms with E-state index in [0.29, 0.717) is 6.10 Å². The Kier molecular flexibility index (Phi) is 5.21. The zero-order chi connectivity index (χ0) is 13.8. The molecule has 2 heterocycles. The summed E-state index contributed by atoms with van der Waals surface area (Å²) in [5.41, 5.74) is 4.77. The molecule has 1 aromatic heterocycles.